The van der Waals surface area contributed by atoms with Crippen molar-refractivity contribution in [1.29, 1.82) is 0 Å². The maximum absolute atomic E-state index is 14.9. The van der Waals surface area contributed by atoms with Crippen LogP contribution in [0, 0.1) is 11.6 Å². The van der Waals surface area contributed by atoms with E-state index in [9.17, 15) is 26.8 Å². The molecule has 0 radical (unpaired) electrons. The highest BCUT2D eigenvalue weighted by Gasteiger charge is 2.33. The summed E-state index contributed by atoms with van der Waals surface area (Å²) in [5.74, 6) is -1.52. The molecule has 1 N–H and O–H groups in total. The number of anilines is 2. The summed E-state index contributed by atoms with van der Waals surface area (Å²) in [7, 11) is -3.09. The van der Waals surface area contributed by atoms with Crippen molar-refractivity contribution in [3.63, 3.8) is 0 Å². The number of nitrogens with one attached hydrogen (secondary N) is 1. The molecule has 176 valence electrons. The number of carbonyl (C=O) groups is 2. The van der Waals surface area contributed by atoms with Crippen molar-refractivity contribution in [2.24, 2.45) is 0 Å². The maximum atomic E-state index is 14.9. The Labute approximate surface area is 190 Å². The van der Waals surface area contributed by atoms with Gasteiger partial charge in [0.15, 0.2) is 9.84 Å². The van der Waals surface area contributed by atoms with E-state index in [1.54, 1.807) is 17.0 Å². The lowest BCUT2D eigenvalue weighted by Gasteiger charge is -2.29. The summed E-state index contributed by atoms with van der Waals surface area (Å²) < 4.78 is 58.1. The van der Waals surface area contributed by atoms with Crippen LogP contribution in [0.3, 0.4) is 0 Å². The van der Waals surface area contributed by atoms with Crippen LogP contribution in [-0.4, -0.2) is 64.2 Å². The third-order valence-corrected chi connectivity index (χ3v) is 7.27. The van der Waals surface area contributed by atoms with Crippen molar-refractivity contribution in [2.45, 2.75) is 13.0 Å². The first-order valence-electron chi connectivity index (χ1n) is 10.4. The van der Waals surface area contributed by atoms with Crippen LogP contribution in [-0.2, 0) is 19.4 Å². The molecule has 8 nitrogen and oxygen atoms in total. The number of halogens is 2. The van der Waals surface area contributed by atoms with Crippen LogP contribution in [0.15, 0.2) is 36.4 Å². The van der Waals surface area contributed by atoms with Gasteiger partial charge in [-0.1, -0.05) is 6.07 Å². The number of sulfone groups is 1. The molecule has 2 aromatic carbocycles. The minimum Gasteiger partial charge on any atom is -0.442 e. The summed E-state index contributed by atoms with van der Waals surface area (Å²) in [5.41, 5.74) is 1.04. The normalized spacial score (nSPS) is 20.0. The lowest BCUT2D eigenvalue weighted by atomic mass is 10.0. The number of hydrogen-bond acceptors (Lipinski definition) is 6. The van der Waals surface area contributed by atoms with E-state index in [-0.39, 0.29) is 60.5 Å². The van der Waals surface area contributed by atoms with E-state index in [1.807, 2.05) is 0 Å². The van der Waals surface area contributed by atoms with E-state index in [1.165, 1.54) is 36.1 Å². The first-order valence-corrected chi connectivity index (χ1v) is 12.2. The molecule has 4 rings (SSSR count). The van der Waals surface area contributed by atoms with E-state index in [4.69, 9.17) is 4.74 Å². The van der Waals surface area contributed by atoms with E-state index in [2.05, 4.69) is 5.32 Å². The van der Waals surface area contributed by atoms with E-state index < -0.39 is 33.7 Å². The molecule has 2 aromatic rings. The largest absolute Gasteiger partial charge is 0.442 e. The summed E-state index contributed by atoms with van der Waals surface area (Å²) in [6.07, 6.45) is -1.19. The Morgan fingerprint density at radius 2 is 1.85 bits per heavy atom. The second kappa shape index (κ2) is 8.97. The van der Waals surface area contributed by atoms with E-state index in [0.29, 0.717) is 5.56 Å². The molecule has 2 saturated heterocycles. The molecule has 0 aromatic heterocycles. The molecule has 2 heterocycles. The van der Waals surface area contributed by atoms with Crippen LogP contribution in [0.4, 0.5) is 25.0 Å². The molecule has 11 heteroatoms. The number of carbonyl (C=O) groups excluding carboxylic acids is 2. The predicted octanol–water partition coefficient (Wildman–Crippen LogP) is 2.33. The Morgan fingerprint density at radius 1 is 1.12 bits per heavy atom. The van der Waals surface area contributed by atoms with Crippen molar-refractivity contribution in [3.8, 4) is 11.1 Å². The van der Waals surface area contributed by atoms with Crippen molar-refractivity contribution in [1.82, 2.24) is 5.32 Å². The third kappa shape index (κ3) is 5.08. The zero-order valence-corrected chi connectivity index (χ0v) is 18.7. The summed E-state index contributed by atoms with van der Waals surface area (Å²) in [6, 6.07) is 8.49. The predicted molar refractivity (Wildman–Crippen MR) is 119 cm³/mol. The number of rotatable bonds is 5. The monoisotopic (exact) mass is 479 g/mol. The first-order chi connectivity index (χ1) is 15.6. The number of cyclic esters (lactones) is 1. The van der Waals surface area contributed by atoms with E-state index >= 15 is 0 Å². The second-order valence-electron chi connectivity index (χ2n) is 8.02. The average molecular weight is 480 g/mol. The quantitative estimate of drug-likeness (QED) is 0.707. The van der Waals surface area contributed by atoms with Crippen LogP contribution in [0.25, 0.3) is 11.1 Å². The second-order valence-corrected chi connectivity index (χ2v) is 10.3. The van der Waals surface area contributed by atoms with Gasteiger partial charge in [-0.3, -0.25) is 9.69 Å². The van der Waals surface area contributed by atoms with Gasteiger partial charge in [0, 0.05) is 25.6 Å². The lowest BCUT2D eigenvalue weighted by Crippen LogP contribution is -2.40. The van der Waals surface area contributed by atoms with Crippen molar-refractivity contribution < 1.29 is 31.5 Å². The van der Waals surface area contributed by atoms with Gasteiger partial charge in [0.2, 0.25) is 5.91 Å². The van der Waals surface area contributed by atoms with Crippen LogP contribution in [0.5, 0.6) is 0 Å². The Morgan fingerprint density at radius 3 is 2.48 bits per heavy atom. The molecule has 1 atom stereocenters. The number of amides is 2. The molecule has 33 heavy (non-hydrogen) atoms. The number of ether oxygens (including phenoxy) is 1. The zero-order valence-electron chi connectivity index (χ0n) is 17.9. The Hall–Kier alpha value is -3.21. The molecule has 0 aliphatic carbocycles. The van der Waals surface area contributed by atoms with Crippen LogP contribution >= 0.6 is 0 Å². The summed E-state index contributed by atoms with van der Waals surface area (Å²) in [4.78, 5) is 26.1. The van der Waals surface area contributed by atoms with Crippen molar-refractivity contribution >= 4 is 33.2 Å². The van der Waals surface area contributed by atoms with Crippen molar-refractivity contribution in [2.75, 3.05) is 47.5 Å². The van der Waals surface area contributed by atoms with Gasteiger partial charge in [-0.15, -0.1) is 0 Å². The molecule has 2 amide bonds. The molecule has 2 aliphatic heterocycles. The van der Waals surface area contributed by atoms with Crippen molar-refractivity contribution in [3.05, 3.63) is 48.0 Å². The molecular formula is C22H23F2N3O5S. The van der Waals surface area contributed by atoms with Gasteiger partial charge >= 0.3 is 6.09 Å². The van der Waals surface area contributed by atoms with E-state index in [0.717, 1.165) is 0 Å². The number of nitrogens with zero attached hydrogens (tertiary/aromatic N) is 2. The fourth-order valence-electron chi connectivity index (χ4n) is 3.89. The topological polar surface area (TPSA) is 96.0 Å². The third-order valence-electron chi connectivity index (χ3n) is 5.66. The Kier molecular flexibility index (Phi) is 6.24. The Balaban J connectivity index is 1.50. The molecule has 2 aliphatic rings. The molecular weight excluding hydrogens is 456 g/mol. The maximum Gasteiger partial charge on any atom is 0.414 e. The highest BCUT2D eigenvalue weighted by atomic mass is 32.2. The SMILES string of the molecule is CC(=O)NCC1CN(c2ccc(-c3ccc(N4CCS(=O)(=O)CC4)c(F)c3)c(F)c2)C(=O)O1. The zero-order chi connectivity index (χ0) is 23.8. The number of hydrogen-bond donors (Lipinski definition) is 1. The van der Waals surface area contributed by atoms with Gasteiger partial charge in [0.25, 0.3) is 0 Å². The fraction of sp³-hybridized carbons (Fsp3) is 0.364. The van der Waals surface area contributed by atoms with Gasteiger partial charge in [-0.05, 0) is 35.9 Å². The van der Waals surface area contributed by atoms with Gasteiger partial charge in [0.05, 0.1) is 36.0 Å². The van der Waals surface area contributed by atoms with Gasteiger partial charge in [-0.2, -0.15) is 0 Å². The molecule has 0 spiro atoms. The molecule has 0 bridgehead atoms. The highest BCUT2D eigenvalue weighted by molar-refractivity contribution is 7.91. The summed E-state index contributed by atoms with van der Waals surface area (Å²) >= 11 is 0. The standard InChI is InChI=1S/C22H23F2N3O5S/c1-14(28)25-12-17-13-27(22(29)32-17)16-3-4-18(19(23)11-16)15-2-5-21(20(24)10-15)26-6-8-33(30,31)9-7-26/h2-5,10-11,17H,6-9,12-13H2,1H3,(H,25,28). The molecule has 2 fully saturated rings. The average Bonchev–Trinajstić information content (AvgIpc) is 3.13. The van der Waals surface area contributed by atoms with Gasteiger partial charge < -0.3 is 15.0 Å². The van der Waals surface area contributed by atoms with Gasteiger partial charge in [0.1, 0.15) is 17.7 Å². The highest BCUT2D eigenvalue weighted by Crippen LogP contribution is 2.32. The minimum atomic E-state index is -3.09. The smallest absolute Gasteiger partial charge is 0.414 e. The van der Waals surface area contributed by atoms with Crippen LogP contribution in [0.1, 0.15) is 6.92 Å². The summed E-state index contributed by atoms with van der Waals surface area (Å²) in [5, 5.41) is 2.57. The Bertz CT molecular complexity index is 1190. The number of benzene rings is 2. The van der Waals surface area contributed by atoms with Crippen LogP contribution < -0.4 is 15.1 Å². The fourth-order valence-corrected chi connectivity index (χ4v) is 5.09. The lowest BCUT2D eigenvalue weighted by molar-refractivity contribution is -0.119. The summed E-state index contributed by atoms with van der Waals surface area (Å²) in [6.45, 7) is 2.08. The minimum absolute atomic E-state index is 0.0328. The van der Waals surface area contributed by atoms with Gasteiger partial charge in [-0.25, -0.2) is 22.0 Å². The van der Waals surface area contributed by atoms with Crippen LogP contribution in [0.2, 0.25) is 0 Å². The molecule has 0 saturated carbocycles. The first kappa shape index (κ1) is 23.0. The molecule has 1 unspecified atom stereocenters.